The van der Waals surface area contributed by atoms with Gasteiger partial charge in [0.05, 0.1) is 24.1 Å². The SMILES string of the molecule is CCOC(=O)c1cn(-c2ccc(C(=O)O)cc2)nn1. The summed E-state index contributed by atoms with van der Waals surface area (Å²) in [6, 6.07) is 6.05. The molecule has 98 valence electrons. The molecule has 1 aromatic heterocycles. The summed E-state index contributed by atoms with van der Waals surface area (Å²) < 4.78 is 6.17. The van der Waals surface area contributed by atoms with Gasteiger partial charge in [-0.2, -0.15) is 0 Å². The molecule has 0 atom stereocenters. The molecule has 0 spiro atoms. The molecule has 0 aliphatic heterocycles. The second-order valence-electron chi connectivity index (χ2n) is 3.62. The molecule has 0 aliphatic rings. The zero-order valence-corrected chi connectivity index (χ0v) is 10.1. The smallest absolute Gasteiger partial charge is 0.360 e. The third kappa shape index (κ3) is 2.76. The van der Waals surface area contributed by atoms with E-state index in [0.717, 1.165) is 0 Å². The van der Waals surface area contributed by atoms with Crippen LogP contribution in [0.5, 0.6) is 0 Å². The number of rotatable bonds is 4. The summed E-state index contributed by atoms with van der Waals surface area (Å²) in [6.07, 6.45) is 1.42. The number of carbonyl (C=O) groups is 2. The fourth-order valence-electron chi connectivity index (χ4n) is 1.45. The van der Waals surface area contributed by atoms with E-state index >= 15 is 0 Å². The molecule has 19 heavy (non-hydrogen) atoms. The van der Waals surface area contributed by atoms with E-state index in [0.29, 0.717) is 5.69 Å². The van der Waals surface area contributed by atoms with Crippen molar-refractivity contribution in [3.63, 3.8) is 0 Å². The molecule has 0 unspecified atom stereocenters. The van der Waals surface area contributed by atoms with E-state index < -0.39 is 11.9 Å². The highest BCUT2D eigenvalue weighted by Gasteiger charge is 2.12. The quantitative estimate of drug-likeness (QED) is 0.829. The van der Waals surface area contributed by atoms with Gasteiger partial charge in [-0.3, -0.25) is 0 Å². The maximum atomic E-state index is 11.4. The first-order valence-electron chi connectivity index (χ1n) is 5.55. The second kappa shape index (κ2) is 5.30. The van der Waals surface area contributed by atoms with Gasteiger partial charge in [-0.25, -0.2) is 14.3 Å². The summed E-state index contributed by atoms with van der Waals surface area (Å²) in [4.78, 5) is 22.1. The molecule has 0 bridgehead atoms. The maximum Gasteiger partial charge on any atom is 0.360 e. The van der Waals surface area contributed by atoms with Crippen molar-refractivity contribution in [3.8, 4) is 5.69 Å². The number of aromatic carboxylic acids is 1. The lowest BCUT2D eigenvalue weighted by molar-refractivity contribution is 0.0519. The highest BCUT2D eigenvalue weighted by atomic mass is 16.5. The topological polar surface area (TPSA) is 94.3 Å². The zero-order chi connectivity index (χ0) is 13.8. The van der Waals surface area contributed by atoms with Crippen LogP contribution in [-0.2, 0) is 4.74 Å². The summed E-state index contributed by atoms with van der Waals surface area (Å²) in [5.74, 6) is -1.55. The Kier molecular flexibility index (Phi) is 3.56. The number of aromatic nitrogens is 3. The molecule has 0 aliphatic carbocycles. The van der Waals surface area contributed by atoms with Gasteiger partial charge in [-0.1, -0.05) is 5.21 Å². The lowest BCUT2D eigenvalue weighted by Crippen LogP contribution is -2.04. The van der Waals surface area contributed by atoms with Crippen molar-refractivity contribution < 1.29 is 19.4 Å². The lowest BCUT2D eigenvalue weighted by Gasteiger charge is -2.00. The standard InChI is InChI=1S/C12H11N3O4/c1-2-19-12(18)10-7-15(14-13-10)9-5-3-8(4-6-9)11(16)17/h3-7H,2H2,1H3,(H,16,17). The molecule has 7 heteroatoms. The molecule has 0 saturated carbocycles. The third-order valence-corrected chi connectivity index (χ3v) is 2.36. The van der Waals surface area contributed by atoms with Gasteiger partial charge in [0.2, 0.25) is 0 Å². The lowest BCUT2D eigenvalue weighted by atomic mass is 10.2. The number of esters is 1. The van der Waals surface area contributed by atoms with Crippen LogP contribution in [0.25, 0.3) is 5.69 Å². The summed E-state index contributed by atoms with van der Waals surface area (Å²) in [5.41, 5.74) is 0.881. The van der Waals surface area contributed by atoms with Crippen LogP contribution in [0, 0.1) is 0 Å². The van der Waals surface area contributed by atoms with Crippen LogP contribution < -0.4 is 0 Å². The molecule has 0 amide bonds. The van der Waals surface area contributed by atoms with Crippen LogP contribution in [-0.4, -0.2) is 38.6 Å². The molecule has 0 radical (unpaired) electrons. The molecule has 2 aromatic rings. The minimum atomic E-state index is -1.00. The normalized spacial score (nSPS) is 10.2. The van der Waals surface area contributed by atoms with Crippen molar-refractivity contribution in [3.05, 3.63) is 41.7 Å². The molecule has 2 rings (SSSR count). The number of nitrogens with zero attached hydrogens (tertiary/aromatic N) is 3. The van der Waals surface area contributed by atoms with Crippen molar-refractivity contribution in [2.24, 2.45) is 0 Å². The minimum absolute atomic E-state index is 0.101. The number of hydrogen-bond acceptors (Lipinski definition) is 5. The van der Waals surface area contributed by atoms with Crippen LogP contribution >= 0.6 is 0 Å². The van der Waals surface area contributed by atoms with Crippen molar-refractivity contribution in [2.75, 3.05) is 6.61 Å². The minimum Gasteiger partial charge on any atom is -0.478 e. The van der Waals surface area contributed by atoms with E-state index in [2.05, 4.69) is 10.3 Å². The van der Waals surface area contributed by atoms with E-state index in [1.54, 1.807) is 19.1 Å². The molecule has 1 aromatic carbocycles. The first-order valence-corrected chi connectivity index (χ1v) is 5.55. The molecule has 1 heterocycles. The Bertz CT molecular complexity index is 604. The van der Waals surface area contributed by atoms with Gasteiger partial charge in [-0.15, -0.1) is 5.10 Å². The van der Waals surface area contributed by atoms with Crippen LogP contribution in [0.3, 0.4) is 0 Å². The molecule has 0 fully saturated rings. The van der Waals surface area contributed by atoms with Gasteiger partial charge >= 0.3 is 11.9 Å². The van der Waals surface area contributed by atoms with E-state index in [9.17, 15) is 9.59 Å². The van der Waals surface area contributed by atoms with Crippen molar-refractivity contribution in [2.45, 2.75) is 6.92 Å². The average molecular weight is 261 g/mol. The monoisotopic (exact) mass is 261 g/mol. The van der Waals surface area contributed by atoms with Crippen LogP contribution in [0.4, 0.5) is 0 Å². The Morgan fingerprint density at radius 1 is 1.32 bits per heavy atom. The number of hydrogen-bond donors (Lipinski definition) is 1. The van der Waals surface area contributed by atoms with Gasteiger partial charge in [0.1, 0.15) is 0 Å². The number of carboxylic acids is 1. The van der Waals surface area contributed by atoms with E-state index in [-0.39, 0.29) is 17.9 Å². The summed E-state index contributed by atoms with van der Waals surface area (Å²) in [5, 5.41) is 16.3. The van der Waals surface area contributed by atoms with Crippen molar-refractivity contribution in [1.82, 2.24) is 15.0 Å². The van der Waals surface area contributed by atoms with Crippen LogP contribution in [0.2, 0.25) is 0 Å². The first-order chi connectivity index (χ1) is 9.11. The number of carbonyl (C=O) groups excluding carboxylic acids is 1. The summed E-state index contributed by atoms with van der Waals surface area (Å²) in [7, 11) is 0. The Hall–Kier alpha value is -2.70. The second-order valence-corrected chi connectivity index (χ2v) is 3.62. The molecular weight excluding hydrogens is 250 g/mol. The van der Waals surface area contributed by atoms with Crippen LogP contribution in [0.1, 0.15) is 27.8 Å². The Morgan fingerprint density at radius 2 is 2.00 bits per heavy atom. The number of benzene rings is 1. The predicted octanol–water partition coefficient (Wildman–Crippen LogP) is 1.14. The number of ether oxygens (including phenoxy) is 1. The van der Waals surface area contributed by atoms with Gasteiger partial charge < -0.3 is 9.84 Å². The largest absolute Gasteiger partial charge is 0.478 e. The van der Waals surface area contributed by atoms with Crippen LogP contribution in [0.15, 0.2) is 30.5 Å². The van der Waals surface area contributed by atoms with Crippen molar-refractivity contribution >= 4 is 11.9 Å². The summed E-state index contributed by atoms with van der Waals surface area (Å²) in [6.45, 7) is 1.96. The highest BCUT2D eigenvalue weighted by molar-refractivity contribution is 5.88. The predicted molar refractivity (Wildman–Crippen MR) is 64.3 cm³/mol. The average Bonchev–Trinajstić information content (AvgIpc) is 2.89. The summed E-state index contributed by atoms with van der Waals surface area (Å²) >= 11 is 0. The molecule has 7 nitrogen and oxygen atoms in total. The Labute approximate surface area is 108 Å². The van der Waals surface area contributed by atoms with E-state index in [4.69, 9.17) is 9.84 Å². The van der Waals surface area contributed by atoms with Gasteiger partial charge in [0, 0.05) is 0 Å². The Morgan fingerprint density at radius 3 is 2.58 bits per heavy atom. The fourth-order valence-corrected chi connectivity index (χ4v) is 1.45. The highest BCUT2D eigenvalue weighted by Crippen LogP contribution is 2.09. The van der Waals surface area contributed by atoms with Gasteiger partial charge in [-0.05, 0) is 31.2 Å². The third-order valence-electron chi connectivity index (χ3n) is 2.36. The van der Waals surface area contributed by atoms with Gasteiger partial charge in [0.15, 0.2) is 5.69 Å². The van der Waals surface area contributed by atoms with E-state index in [1.165, 1.54) is 23.0 Å². The van der Waals surface area contributed by atoms with Gasteiger partial charge in [0.25, 0.3) is 0 Å². The molecule has 1 N–H and O–H groups in total. The van der Waals surface area contributed by atoms with E-state index in [1.807, 2.05) is 0 Å². The Balaban J connectivity index is 2.23. The van der Waals surface area contributed by atoms with Crippen molar-refractivity contribution in [1.29, 1.82) is 0 Å². The number of carboxylic acid groups (broad SMARTS) is 1. The maximum absolute atomic E-state index is 11.4. The fraction of sp³-hybridized carbons (Fsp3) is 0.167. The molecular formula is C12H11N3O4. The molecule has 0 saturated heterocycles. The zero-order valence-electron chi connectivity index (χ0n) is 10.1. The first kappa shape index (κ1) is 12.7.